The number of benzene rings is 2. The molecule has 3 N–H and O–H groups in total. The monoisotopic (exact) mass is 325 g/mol. The number of nitrogens with zero attached hydrogens (tertiary/aromatic N) is 1. The van der Waals surface area contributed by atoms with E-state index in [0.717, 1.165) is 22.1 Å². The lowest BCUT2D eigenvalue weighted by atomic mass is 10.2. The topological polar surface area (TPSA) is 74.2 Å². The van der Waals surface area contributed by atoms with E-state index in [0.29, 0.717) is 5.56 Å². The number of carbonyl (C=O) groups excluding carboxylic acids is 1. The summed E-state index contributed by atoms with van der Waals surface area (Å²) in [6.07, 6.45) is 0. The van der Waals surface area contributed by atoms with E-state index in [9.17, 15) is 9.90 Å². The zero-order valence-corrected chi connectivity index (χ0v) is 13.2. The number of amides is 1. The maximum atomic E-state index is 11.5. The number of aromatic nitrogens is 1. The van der Waals surface area contributed by atoms with Crippen LogP contribution in [0.2, 0.25) is 0 Å². The van der Waals surface area contributed by atoms with Crippen molar-refractivity contribution in [1.82, 2.24) is 10.3 Å². The molecule has 0 aliphatic heterocycles. The van der Waals surface area contributed by atoms with Crippen molar-refractivity contribution in [2.45, 2.75) is 0 Å². The lowest BCUT2D eigenvalue weighted by Crippen LogP contribution is -2.17. The normalized spacial score (nSPS) is 10.3. The molecule has 0 aliphatic rings. The summed E-state index contributed by atoms with van der Waals surface area (Å²) >= 11 is 1.48. The Morgan fingerprint density at radius 1 is 1.17 bits per heavy atom. The summed E-state index contributed by atoms with van der Waals surface area (Å²) in [5.74, 6) is 0.103. The molecule has 23 heavy (non-hydrogen) atoms. The highest BCUT2D eigenvalue weighted by molar-refractivity contribution is 7.14. The average molecular weight is 325 g/mol. The molecule has 2 aromatic carbocycles. The molecule has 0 saturated heterocycles. The van der Waals surface area contributed by atoms with Gasteiger partial charge in [-0.1, -0.05) is 12.1 Å². The number of aromatic hydroxyl groups is 1. The fourth-order valence-electron chi connectivity index (χ4n) is 2.10. The standard InChI is InChI=1S/C17H15N3O2S/c1-18-16(22)11-5-7-13(8-6-11)19-17-20-15(10-23-17)12-3-2-4-14(21)9-12/h2-10,21H,1H3,(H,18,22)(H,19,20). The van der Waals surface area contributed by atoms with Crippen LogP contribution in [0.25, 0.3) is 11.3 Å². The molecule has 0 atom stereocenters. The summed E-state index contributed by atoms with van der Waals surface area (Å²) in [4.78, 5) is 16.0. The fraction of sp³-hybridized carbons (Fsp3) is 0.0588. The van der Waals surface area contributed by atoms with Crippen molar-refractivity contribution < 1.29 is 9.90 Å². The Morgan fingerprint density at radius 2 is 1.96 bits per heavy atom. The van der Waals surface area contributed by atoms with Gasteiger partial charge in [0, 0.05) is 29.2 Å². The minimum atomic E-state index is -0.114. The van der Waals surface area contributed by atoms with Crippen LogP contribution in [-0.4, -0.2) is 23.0 Å². The Morgan fingerprint density at radius 3 is 2.65 bits per heavy atom. The molecular weight excluding hydrogens is 310 g/mol. The third-order valence-electron chi connectivity index (χ3n) is 3.27. The third kappa shape index (κ3) is 3.49. The Hall–Kier alpha value is -2.86. The lowest BCUT2D eigenvalue weighted by molar-refractivity contribution is 0.0963. The second-order valence-corrected chi connectivity index (χ2v) is 5.73. The van der Waals surface area contributed by atoms with Gasteiger partial charge in [-0.3, -0.25) is 4.79 Å². The van der Waals surface area contributed by atoms with E-state index < -0.39 is 0 Å². The Kier molecular flexibility index (Phi) is 4.25. The Bertz CT molecular complexity index is 828. The van der Waals surface area contributed by atoms with E-state index in [1.165, 1.54) is 11.3 Å². The van der Waals surface area contributed by atoms with Crippen molar-refractivity contribution in [1.29, 1.82) is 0 Å². The van der Waals surface area contributed by atoms with E-state index in [1.54, 1.807) is 37.4 Å². The van der Waals surface area contributed by atoms with Crippen LogP contribution >= 0.6 is 11.3 Å². The number of hydrogen-bond acceptors (Lipinski definition) is 5. The summed E-state index contributed by atoms with van der Waals surface area (Å²) in [7, 11) is 1.60. The number of hydrogen-bond donors (Lipinski definition) is 3. The largest absolute Gasteiger partial charge is 0.508 e. The van der Waals surface area contributed by atoms with Gasteiger partial charge in [-0.25, -0.2) is 4.98 Å². The molecule has 0 radical (unpaired) electrons. The van der Waals surface area contributed by atoms with Crippen molar-refractivity contribution in [3.8, 4) is 17.0 Å². The van der Waals surface area contributed by atoms with Crippen molar-refractivity contribution >= 4 is 28.1 Å². The molecule has 5 nitrogen and oxygen atoms in total. The van der Waals surface area contributed by atoms with Crippen LogP contribution in [0.5, 0.6) is 5.75 Å². The lowest BCUT2D eigenvalue weighted by Gasteiger charge is -2.04. The first-order valence-electron chi connectivity index (χ1n) is 7.00. The molecule has 0 fully saturated rings. The van der Waals surface area contributed by atoms with Crippen molar-refractivity contribution in [2.75, 3.05) is 12.4 Å². The second kappa shape index (κ2) is 6.50. The number of anilines is 2. The summed E-state index contributed by atoms with van der Waals surface area (Å²) in [5.41, 5.74) is 3.13. The van der Waals surface area contributed by atoms with Gasteiger partial charge in [0.05, 0.1) is 5.69 Å². The minimum absolute atomic E-state index is 0.114. The van der Waals surface area contributed by atoms with Crippen molar-refractivity contribution in [2.24, 2.45) is 0 Å². The van der Waals surface area contributed by atoms with Crippen LogP contribution in [0.1, 0.15) is 10.4 Å². The number of carbonyl (C=O) groups is 1. The zero-order valence-electron chi connectivity index (χ0n) is 12.4. The highest BCUT2D eigenvalue weighted by Crippen LogP contribution is 2.28. The molecule has 1 aromatic heterocycles. The van der Waals surface area contributed by atoms with Crippen LogP contribution in [0.3, 0.4) is 0 Å². The first-order chi connectivity index (χ1) is 11.2. The quantitative estimate of drug-likeness (QED) is 0.685. The van der Waals surface area contributed by atoms with Crippen LogP contribution in [0.15, 0.2) is 53.9 Å². The molecule has 0 spiro atoms. The van der Waals surface area contributed by atoms with E-state index in [2.05, 4.69) is 15.6 Å². The predicted octanol–water partition coefficient (Wildman–Crippen LogP) is 3.62. The summed E-state index contributed by atoms with van der Waals surface area (Å²) < 4.78 is 0. The summed E-state index contributed by atoms with van der Waals surface area (Å²) in [5, 5.41) is 18.0. The number of thiazole rings is 1. The molecule has 0 aliphatic carbocycles. The van der Waals surface area contributed by atoms with Gasteiger partial charge in [-0.05, 0) is 36.4 Å². The van der Waals surface area contributed by atoms with Crippen LogP contribution in [0.4, 0.5) is 10.8 Å². The SMILES string of the molecule is CNC(=O)c1ccc(Nc2nc(-c3cccc(O)c3)cs2)cc1. The predicted molar refractivity (Wildman–Crippen MR) is 92.3 cm³/mol. The van der Waals surface area contributed by atoms with Crippen molar-refractivity contribution in [3.05, 3.63) is 59.5 Å². The van der Waals surface area contributed by atoms with Crippen molar-refractivity contribution in [3.63, 3.8) is 0 Å². The number of rotatable bonds is 4. The molecule has 0 saturated carbocycles. The molecule has 1 amide bonds. The third-order valence-corrected chi connectivity index (χ3v) is 4.03. The maximum Gasteiger partial charge on any atom is 0.251 e. The summed E-state index contributed by atoms with van der Waals surface area (Å²) in [6.45, 7) is 0. The van der Waals surface area contributed by atoms with E-state index in [-0.39, 0.29) is 11.7 Å². The second-order valence-electron chi connectivity index (χ2n) is 4.87. The van der Waals surface area contributed by atoms with Gasteiger partial charge in [-0.2, -0.15) is 0 Å². The van der Waals surface area contributed by atoms with Crippen LogP contribution < -0.4 is 10.6 Å². The van der Waals surface area contributed by atoms with Gasteiger partial charge in [0.15, 0.2) is 5.13 Å². The molecule has 116 valence electrons. The van der Waals surface area contributed by atoms with Gasteiger partial charge in [-0.15, -0.1) is 11.3 Å². The van der Waals surface area contributed by atoms with E-state index in [1.807, 2.05) is 23.6 Å². The Balaban J connectivity index is 1.75. The van der Waals surface area contributed by atoms with E-state index in [4.69, 9.17) is 0 Å². The average Bonchev–Trinajstić information content (AvgIpc) is 3.03. The van der Waals surface area contributed by atoms with Crippen LogP contribution in [-0.2, 0) is 0 Å². The van der Waals surface area contributed by atoms with E-state index >= 15 is 0 Å². The van der Waals surface area contributed by atoms with Gasteiger partial charge >= 0.3 is 0 Å². The number of phenolic OH excluding ortho intramolecular Hbond substituents is 1. The minimum Gasteiger partial charge on any atom is -0.508 e. The first-order valence-corrected chi connectivity index (χ1v) is 7.88. The highest BCUT2D eigenvalue weighted by atomic mass is 32.1. The molecule has 1 heterocycles. The number of nitrogens with one attached hydrogen (secondary N) is 2. The zero-order chi connectivity index (χ0) is 16.2. The van der Waals surface area contributed by atoms with Gasteiger partial charge in [0.25, 0.3) is 5.91 Å². The number of phenols is 1. The molecule has 6 heteroatoms. The van der Waals surface area contributed by atoms with Gasteiger partial charge in [0.1, 0.15) is 5.75 Å². The van der Waals surface area contributed by atoms with Gasteiger partial charge in [0.2, 0.25) is 0 Å². The van der Waals surface area contributed by atoms with Crippen LogP contribution in [0, 0.1) is 0 Å². The molecule has 3 rings (SSSR count). The molecule has 0 unspecified atom stereocenters. The maximum absolute atomic E-state index is 11.5. The fourth-order valence-corrected chi connectivity index (χ4v) is 2.84. The molecule has 3 aromatic rings. The molecule has 0 bridgehead atoms. The first kappa shape index (κ1) is 15.1. The summed E-state index contributed by atoms with van der Waals surface area (Å²) in [6, 6.07) is 14.2. The molecular formula is C17H15N3O2S. The Labute approximate surface area is 137 Å². The van der Waals surface area contributed by atoms with Gasteiger partial charge < -0.3 is 15.7 Å². The smallest absolute Gasteiger partial charge is 0.251 e. The highest BCUT2D eigenvalue weighted by Gasteiger charge is 2.07.